The number of piperazine rings is 1. The number of benzene rings is 1. The number of nitrogens with zero attached hydrogens (tertiary/aromatic N) is 3. The fraction of sp³-hybridized carbons (Fsp3) is 0.550. The number of carbonyl (C=O) groups excluding carboxylic acids is 3. The average Bonchev–Trinajstić information content (AvgIpc) is 2.70. The van der Waals surface area contributed by atoms with Crippen LogP contribution in [0.1, 0.15) is 26.3 Å². The number of hydrogen-bond donors (Lipinski definition) is 1. The van der Waals surface area contributed by atoms with Crippen molar-refractivity contribution in [3.63, 3.8) is 0 Å². The van der Waals surface area contributed by atoms with Gasteiger partial charge in [-0.05, 0) is 51.5 Å². The second-order valence-corrected chi connectivity index (χ2v) is 6.60. The monoisotopic (exact) mass is 390 g/mol. The van der Waals surface area contributed by atoms with Gasteiger partial charge in [0.1, 0.15) is 0 Å². The lowest BCUT2D eigenvalue weighted by Crippen LogP contribution is -2.53. The zero-order chi connectivity index (χ0) is 20.7. The number of carbonyl (C=O) groups is 3. The van der Waals surface area contributed by atoms with E-state index in [0.717, 1.165) is 24.3 Å². The number of nitrogens with one attached hydrogen (secondary N) is 1. The third-order valence-electron chi connectivity index (χ3n) is 4.87. The number of hydrogen-bond acceptors (Lipinski definition) is 5. The Balaban J connectivity index is 1.94. The Morgan fingerprint density at radius 3 is 2.18 bits per heavy atom. The van der Waals surface area contributed by atoms with Crippen LogP contribution in [-0.2, 0) is 14.3 Å². The number of aryl methyl sites for hydroxylation is 1. The van der Waals surface area contributed by atoms with E-state index in [9.17, 15) is 14.4 Å². The molecule has 0 unspecified atom stereocenters. The minimum absolute atomic E-state index is 0.310. The van der Waals surface area contributed by atoms with Gasteiger partial charge in [0.25, 0.3) is 0 Å². The molecule has 0 spiro atoms. The van der Waals surface area contributed by atoms with Gasteiger partial charge in [0.15, 0.2) is 0 Å². The topological polar surface area (TPSA) is 82.2 Å². The van der Waals surface area contributed by atoms with Crippen molar-refractivity contribution in [3.8, 4) is 0 Å². The standard InChI is InChI=1S/C20H30N4O4/c1-5-22(6-2)16-8-9-17(15(4)14-16)21-18(25)19(26)23-10-12-24(13-11-23)20(27)28-7-3/h8-9,14H,5-7,10-13H2,1-4H3,(H,21,25). The van der Waals surface area contributed by atoms with Crippen LogP contribution >= 0.6 is 0 Å². The van der Waals surface area contributed by atoms with E-state index in [1.54, 1.807) is 11.8 Å². The van der Waals surface area contributed by atoms with Crippen LogP contribution in [0.3, 0.4) is 0 Å². The summed E-state index contributed by atoms with van der Waals surface area (Å²) in [5.74, 6) is -1.25. The first-order valence-corrected chi connectivity index (χ1v) is 9.78. The van der Waals surface area contributed by atoms with Gasteiger partial charge in [-0.3, -0.25) is 9.59 Å². The molecule has 1 aliphatic rings. The van der Waals surface area contributed by atoms with E-state index >= 15 is 0 Å². The van der Waals surface area contributed by atoms with E-state index in [2.05, 4.69) is 24.1 Å². The summed E-state index contributed by atoms with van der Waals surface area (Å²) in [7, 11) is 0. The minimum atomic E-state index is -0.664. The molecule has 0 bridgehead atoms. The van der Waals surface area contributed by atoms with Crippen LogP contribution in [0.25, 0.3) is 0 Å². The maximum absolute atomic E-state index is 12.5. The molecule has 28 heavy (non-hydrogen) atoms. The Hall–Kier alpha value is -2.77. The van der Waals surface area contributed by atoms with Crippen molar-refractivity contribution in [3.05, 3.63) is 23.8 Å². The summed E-state index contributed by atoms with van der Waals surface area (Å²) in [4.78, 5) is 41.8. The second kappa shape index (κ2) is 9.96. The van der Waals surface area contributed by atoms with E-state index < -0.39 is 11.8 Å². The van der Waals surface area contributed by atoms with Crippen molar-refractivity contribution in [1.29, 1.82) is 0 Å². The van der Waals surface area contributed by atoms with E-state index in [-0.39, 0.29) is 6.09 Å². The first-order chi connectivity index (χ1) is 13.4. The number of rotatable bonds is 5. The lowest BCUT2D eigenvalue weighted by atomic mass is 10.1. The molecule has 8 heteroatoms. The lowest BCUT2D eigenvalue weighted by molar-refractivity contribution is -0.144. The maximum Gasteiger partial charge on any atom is 0.409 e. The van der Waals surface area contributed by atoms with Crippen LogP contribution in [0.2, 0.25) is 0 Å². The number of ether oxygens (including phenoxy) is 1. The molecule has 0 radical (unpaired) electrons. The van der Waals surface area contributed by atoms with Gasteiger partial charge in [0, 0.05) is 50.6 Å². The van der Waals surface area contributed by atoms with Crippen LogP contribution in [0, 0.1) is 6.92 Å². The molecule has 0 aromatic heterocycles. The maximum atomic E-state index is 12.5. The highest BCUT2D eigenvalue weighted by Gasteiger charge is 2.28. The molecule has 1 N–H and O–H groups in total. The summed E-state index contributed by atoms with van der Waals surface area (Å²) in [5.41, 5.74) is 2.61. The summed E-state index contributed by atoms with van der Waals surface area (Å²) in [5, 5.41) is 2.71. The molecular weight excluding hydrogens is 360 g/mol. The number of anilines is 2. The molecule has 1 heterocycles. The molecule has 1 saturated heterocycles. The summed E-state index contributed by atoms with van der Waals surface area (Å²) in [6, 6.07) is 5.77. The molecule has 0 saturated carbocycles. The third kappa shape index (κ3) is 5.15. The molecule has 1 aliphatic heterocycles. The average molecular weight is 390 g/mol. The van der Waals surface area contributed by atoms with Gasteiger partial charge in [-0.15, -0.1) is 0 Å². The van der Waals surface area contributed by atoms with E-state index in [1.807, 2.05) is 25.1 Å². The molecule has 154 valence electrons. The zero-order valence-corrected chi connectivity index (χ0v) is 17.2. The summed E-state index contributed by atoms with van der Waals surface area (Å²) >= 11 is 0. The Morgan fingerprint density at radius 2 is 1.64 bits per heavy atom. The smallest absolute Gasteiger partial charge is 0.409 e. The van der Waals surface area contributed by atoms with Crippen molar-refractivity contribution in [2.24, 2.45) is 0 Å². The van der Waals surface area contributed by atoms with Gasteiger partial charge < -0.3 is 24.8 Å². The van der Waals surface area contributed by atoms with Gasteiger partial charge in [-0.25, -0.2) is 4.79 Å². The molecule has 1 aromatic carbocycles. The van der Waals surface area contributed by atoms with Crippen LogP contribution in [0.4, 0.5) is 16.2 Å². The van der Waals surface area contributed by atoms with Crippen LogP contribution in [0.15, 0.2) is 18.2 Å². The highest BCUT2D eigenvalue weighted by Crippen LogP contribution is 2.22. The molecule has 2 rings (SSSR count). The van der Waals surface area contributed by atoms with Crippen molar-refractivity contribution in [2.45, 2.75) is 27.7 Å². The molecular formula is C20H30N4O4. The van der Waals surface area contributed by atoms with E-state index in [1.165, 1.54) is 4.90 Å². The van der Waals surface area contributed by atoms with Gasteiger partial charge in [-0.2, -0.15) is 0 Å². The van der Waals surface area contributed by atoms with Crippen LogP contribution in [0.5, 0.6) is 0 Å². The highest BCUT2D eigenvalue weighted by molar-refractivity contribution is 6.39. The van der Waals surface area contributed by atoms with Crippen molar-refractivity contribution < 1.29 is 19.1 Å². The molecule has 0 aliphatic carbocycles. The largest absolute Gasteiger partial charge is 0.450 e. The second-order valence-electron chi connectivity index (χ2n) is 6.60. The summed E-state index contributed by atoms with van der Waals surface area (Å²) in [6.07, 6.45) is -0.386. The zero-order valence-electron chi connectivity index (χ0n) is 17.2. The van der Waals surface area contributed by atoms with Crippen LogP contribution in [-0.4, -0.2) is 73.6 Å². The van der Waals surface area contributed by atoms with E-state index in [0.29, 0.717) is 38.5 Å². The lowest BCUT2D eigenvalue weighted by Gasteiger charge is -2.33. The van der Waals surface area contributed by atoms with Gasteiger partial charge in [0.2, 0.25) is 0 Å². The minimum Gasteiger partial charge on any atom is -0.450 e. The van der Waals surface area contributed by atoms with Crippen molar-refractivity contribution in [1.82, 2.24) is 9.80 Å². The van der Waals surface area contributed by atoms with Gasteiger partial charge in [-0.1, -0.05) is 0 Å². The molecule has 0 atom stereocenters. The highest BCUT2D eigenvalue weighted by atomic mass is 16.6. The van der Waals surface area contributed by atoms with E-state index in [4.69, 9.17) is 4.74 Å². The Labute approximate surface area is 166 Å². The number of amides is 3. The Morgan fingerprint density at radius 1 is 1.04 bits per heavy atom. The van der Waals surface area contributed by atoms with Gasteiger partial charge >= 0.3 is 17.9 Å². The Bertz CT molecular complexity index is 710. The predicted molar refractivity (Wildman–Crippen MR) is 109 cm³/mol. The van der Waals surface area contributed by atoms with Crippen molar-refractivity contribution in [2.75, 3.05) is 56.1 Å². The first-order valence-electron chi connectivity index (χ1n) is 9.78. The summed E-state index contributed by atoms with van der Waals surface area (Å²) < 4.78 is 4.96. The molecule has 1 fully saturated rings. The molecule has 3 amide bonds. The fourth-order valence-electron chi connectivity index (χ4n) is 3.20. The normalized spacial score (nSPS) is 13.9. The molecule has 1 aromatic rings. The summed E-state index contributed by atoms with van der Waals surface area (Å²) in [6.45, 7) is 11.3. The third-order valence-corrected chi connectivity index (χ3v) is 4.87. The van der Waals surface area contributed by atoms with Crippen LogP contribution < -0.4 is 10.2 Å². The quantitative estimate of drug-likeness (QED) is 0.779. The molecule has 8 nitrogen and oxygen atoms in total. The van der Waals surface area contributed by atoms with Crippen molar-refractivity contribution >= 4 is 29.3 Å². The van der Waals surface area contributed by atoms with Gasteiger partial charge in [0.05, 0.1) is 6.61 Å². The fourth-order valence-corrected chi connectivity index (χ4v) is 3.20. The Kier molecular flexibility index (Phi) is 7.66. The predicted octanol–water partition coefficient (Wildman–Crippen LogP) is 2.08. The SMILES string of the molecule is CCOC(=O)N1CCN(C(=O)C(=O)Nc2ccc(N(CC)CC)cc2C)CC1. The first kappa shape index (κ1) is 21.5.